The number of hydrogen-bond acceptors (Lipinski definition) is 7. The number of Topliss-reactive ketones (excluding diaryl/α,β-unsaturated/α-hetero) is 1. The summed E-state index contributed by atoms with van der Waals surface area (Å²) in [6.45, 7) is 10.3. The Hall–Kier alpha value is -2.96. The molecule has 2 heterocycles. The van der Waals surface area contributed by atoms with E-state index in [0.717, 1.165) is 70.6 Å². The zero-order chi connectivity index (χ0) is 37.5. The van der Waals surface area contributed by atoms with Crippen LogP contribution < -0.4 is 21.3 Å². The third-order valence-electron chi connectivity index (χ3n) is 13.9. The van der Waals surface area contributed by atoms with Gasteiger partial charge in [0.05, 0.1) is 22.6 Å². The van der Waals surface area contributed by atoms with Crippen LogP contribution in [0.3, 0.4) is 0 Å². The number of nitrogens with zero attached hydrogens (tertiary/aromatic N) is 1. The molecule has 4 saturated carbocycles. The van der Waals surface area contributed by atoms with Crippen molar-refractivity contribution in [3.63, 3.8) is 0 Å². The topological polar surface area (TPSA) is 171 Å². The predicted molar refractivity (Wildman–Crippen MR) is 198 cm³/mol. The number of hydrogen-bond donors (Lipinski definition) is 4. The molecule has 0 unspecified atom stereocenters. The van der Waals surface area contributed by atoms with Crippen LogP contribution in [0.4, 0.5) is 4.79 Å². The van der Waals surface area contributed by atoms with Gasteiger partial charge >= 0.3 is 6.03 Å². The van der Waals surface area contributed by atoms with Crippen LogP contribution in [0.15, 0.2) is 12.7 Å². The third kappa shape index (κ3) is 7.80. The number of urea groups is 1. The number of sulfone groups is 1. The number of likely N-dealkylation sites (tertiary alicyclic amines) is 1. The lowest BCUT2D eigenvalue weighted by atomic mass is 9.70. The first-order valence-electron chi connectivity index (χ1n) is 20.0. The number of carbonyl (C=O) groups excluding carboxylic acids is 5. The first-order valence-corrected chi connectivity index (χ1v) is 21.7. The average molecular weight is 744 g/mol. The third-order valence-corrected chi connectivity index (χ3v) is 16.3. The Morgan fingerprint density at radius 3 is 2.13 bits per heavy atom. The van der Waals surface area contributed by atoms with Gasteiger partial charge in [-0.15, -0.1) is 6.58 Å². The van der Waals surface area contributed by atoms with Gasteiger partial charge in [-0.2, -0.15) is 0 Å². The Morgan fingerprint density at radius 1 is 0.885 bits per heavy atom. The molecule has 2 saturated heterocycles. The summed E-state index contributed by atoms with van der Waals surface area (Å²) >= 11 is 0. The second-order valence-corrected chi connectivity index (χ2v) is 20.1. The summed E-state index contributed by atoms with van der Waals surface area (Å²) in [4.78, 5) is 71.1. The molecule has 0 aromatic rings. The molecule has 6 fully saturated rings. The summed E-state index contributed by atoms with van der Waals surface area (Å²) in [5.41, 5.74) is -1.63. The van der Waals surface area contributed by atoms with Crippen LogP contribution in [0.25, 0.3) is 0 Å². The first-order chi connectivity index (χ1) is 24.6. The lowest BCUT2D eigenvalue weighted by Crippen LogP contribution is -2.66. The monoisotopic (exact) mass is 743 g/mol. The van der Waals surface area contributed by atoms with Gasteiger partial charge in [-0.3, -0.25) is 19.2 Å². The number of amides is 5. The minimum Gasteiger partial charge on any atom is -0.346 e. The maximum absolute atomic E-state index is 14.9. The highest BCUT2D eigenvalue weighted by molar-refractivity contribution is 7.92. The predicted octanol–water partition coefficient (Wildman–Crippen LogP) is 3.93. The number of piperidine rings is 1. The van der Waals surface area contributed by atoms with Gasteiger partial charge in [-0.05, 0) is 80.0 Å². The molecule has 12 nitrogen and oxygen atoms in total. The minimum atomic E-state index is -3.36. The molecule has 5 amide bonds. The summed E-state index contributed by atoms with van der Waals surface area (Å²) in [7, 11) is -3.36. The first kappa shape index (κ1) is 38.8. The fraction of sp³-hybridized carbons (Fsp3) is 0.821. The molecule has 52 heavy (non-hydrogen) atoms. The second-order valence-electron chi connectivity index (χ2n) is 17.8. The maximum atomic E-state index is 14.9. The molecule has 0 bridgehead atoms. The molecule has 4 N–H and O–H groups in total. The lowest BCUT2D eigenvalue weighted by molar-refractivity contribution is -0.146. The van der Waals surface area contributed by atoms with Gasteiger partial charge < -0.3 is 26.2 Å². The van der Waals surface area contributed by atoms with E-state index in [4.69, 9.17) is 0 Å². The van der Waals surface area contributed by atoms with Crippen LogP contribution in [-0.4, -0.2) is 90.6 Å². The summed E-state index contributed by atoms with van der Waals surface area (Å²) in [6.07, 6.45) is 13.9. The average Bonchev–Trinajstić information content (AvgIpc) is 3.91. The normalized spacial score (nSPS) is 30.6. The Morgan fingerprint density at radius 2 is 1.54 bits per heavy atom. The number of rotatable bonds is 14. The summed E-state index contributed by atoms with van der Waals surface area (Å²) < 4.78 is 26.4. The molecule has 13 heteroatoms. The Labute approximate surface area is 309 Å². The molecule has 6 rings (SSSR count). The van der Waals surface area contributed by atoms with Crippen molar-refractivity contribution in [2.45, 2.75) is 152 Å². The fourth-order valence-corrected chi connectivity index (χ4v) is 12.8. The van der Waals surface area contributed by atoms with Gasteiger partial charge in [0.25, 0.3) is 5.91 Å². The Bertz CT molecular complexity index is 1530. The van der Waals surface area contributed by atoms with Gasteiger partial charge in [0.2, 0.25) is 17.6 Å². The SMILES string of the molecule is C=CCNC(=O)C(=O)[C@H](CCC1CC1)NC(=O)[C@@H]1[C@@H]2[C@H](CN1C(=O)[C@@H](NC(=O)NC1([C@H]3CCCS3(=O)=O)CCCCC1)C1(C)CCCCC1)C2(C)C. The van der Waals surface area contributed by atoms with E-state index in [-0.39, 0.29) is 35.5 Å². The van der Waals surface area contributed by atoms with Gasteiger partial charge in [0.15, 0.2) is 9.84 Å². The van der Waals surface area contributed by atoms with Crippen molar-refractivity contribution < 1.29 is 32.4 Å². The van der Waals surface area contributed by atoms with E-state index < -0.39 is 67.8 Å². The van der Waals surface area contributed by atoms with E-state index in [9.17, 15) is 32.4 Å². The largest absolute Gasteiger partial charge is 0.346 e. The highest BCUT2D eigenvalue weighted by Crippen LogP contribution is 2.65. The van der Waals surface area contributed by atoms with Crippen LogP contribution in [0.5, 0.6) is 0 Å². The molecular weight excluding hydrogens is 683 g/mol. The van der Waals surface area contributed by atoms with Crippen LogP contribution in [-0.2, 0) is 29.0 Å². The molecule has 0 radical (unpaired) electrons. The lowest BCUT2D eigenvalue weighted by Gasteiger charge is -2.45. The van der Waals surface area contributed by atoms with E-state index in [0.29, 0.717) is 44.6 Å². The second kappa shape index (κ2) is 15.1. The highest BCUT2D eigenvalue weighted by atomic mass is 32.2. The zero-order valence-corrected chi connectivity index (χ0v) is 32.3. The molecular formula is C39H61N5O7S. The molecule has 290 valence electrons. The number of nitrogens with one attached hydrogen (secondary N) is 4. The minimum absolute atomic E-state index is 0.0791. The molecule has 4 aliphatic carbocycles. The van der Waals surface area contributed by atoms with Crippen molar-refractivity contribution in [2.24, 2.45) is 28.6 Å². The quantitative estimate of drug-likeness (QED) is 0.154. The van der Waals surface area contributed by atoms with Crippen molar-refractivity contribution in [2.75, 3.05) is 18.8 Å². The summed E-state index contributed by atoms with van der Waals surface area (Å²) in [6, 6.07) is -3.32. The van der Waals surface area contributed by atoms with Crippen molar-refractivity contribution in [1.82, 2.24) is 26.2 Å². The van der Waals surface area contributed by atoms with Crippen molar-refractivity contribution in [1.29, 1.82) is 0 Å². The number of fused-ring (bicyclic) bond motifs is 1. The Kier molecular flexibility index (Phi) is 11.2. The molecule has 0 spiro atoms. The van der Waals surface area contributed by atoms with Gasteiger partial charge in [0, 0.05) is 13.1 Å². The van der Waals surface area contributed by atoms with Crippen LogP contribution in [0.1, 0.15) is 124 Å². The zero-order valence-electron chi connectivity index (χ0n) is 31.5. The fourth-order valence-electron chi connectivity index (χ4n) is 10.4. The van der Waals surface area contributed by atoms with Crippen LogP contribution >= 0.6 is 0 Å². The molecule has 6 atom stereocenters. The number of ketones is 1. The molecule has 0 aromatic heterocycles. The van der Waals surface area contributed by atoms with E-state index in [2.05, 4.69) is 41.7 Å². The van der Waals surface area contributed by atoms with Gasteiger partial charge in [-0.1, -0.05) is 78.2 Å². The van der Waals surface area contributed by atoms with E-state index >= 15 is 0 Å². The van der Waals surface area contributed by atoms with Crippen LogP contribution in [0, 0.1) is 28.6 Å². The van der Waals surface area contributed by atoms with Gasteiger partial charge in [-0.25, -0.2) is 13.2 Å². The summed E-state index contributed by atoms with van der Waals surface area (Å²) in [5, 5.41) is 11.1. The molecule has 2 aliphatic heterocycles. The van der Waals surface area contributed by atoms with Crippen molar-refractivity contribution in [3.8, 4) is 0 Å². The van der Waals surface area contributed by atoms with Crippen LogP contribution in [0.2, 0.25) is 0 Å². The van der Waals surface area contributed by atoms with Crippen molar-refractivity contribution >= 4 is 39.4 Å². The maximum Gasteiger partial charge on any atom is 0.315 e. The van der Waals surface area contributed by atoms with E-state index in [1.165, 1.54) is 6.08 Å². The summed E-state index contributed by atoms with van der Waals surface area (Å²) in [5.74, 6) is -1.68. The highest BCUT2D eigenvalue weighted by Gasteiger charge is 2.70. The van der Waals surface area contributed by atoms with Crippen molar-refractivity contribution in [3.05, 3.63) is 12.7 Å². The Balaban J connectivity index is 1.24. The smallest absolute Gasteiger partial charge is 0.315 e. The number of carbonyl (C=O) groups is 5. The molecule has 6 aliphatic rings. The van der Waals surface area contributed by atoms with Gasteiger partial charge in [0.1, 0.15) is 12.1 Å². The van der Waals surface area contributed by atoms with E-state index in [1.54, 1.807) is 4.90 Å². The standard InChI is InChI=1S/C39H61N5O7S/c1-5-22-40-34(47)31(45)27(17-16-25-14-15-25)41-33(46)30-29-26(37(29,2)3)24-44(30)35(48)32(38(4)18-8-6-9-19-38)42-36(49)43-39(20-10-7-11-21-39)28-13-12-23-52(28,50)51/h5,25-30,32H,1,6-24H2,2-4H3,(H,40,47)(H,41,46)(H2,42,43,49)/t26-,27-,28+,29-,30-,32+/m0/s1. The van der Waals surface area contributed by atoms with E-state index in [1.807, 2.05) is 6.92 Å². The molecule has 0 aromatic carbocycles.